The molecular weight excluding hydrogens is 312 g/mol. The van der Waals surface area contributed by atoms with E-state index >= 15 is 0 Å². The lowest BCUT2D eigenvalue weighted by Crippen LogP contribution is -2.33. The quantitative estimate of drug-likeness (QED) is 0.478. The molecule has 0 aliphatic carbocycles. The van der Waals surface area contributed by atoms with Gasteiger partial charge in [-0.2, -0.15) is 0 Å². The molecule has 7 heteroatoms. The molecule has 7 nitrogen and oxygen atoms in total. The molecule has 24 heavy (non-hydrogen) atoms. The number of nitrogens with zero attached hydrogens (tertiary/aromatic N) is 2. The molecule has 0 aromatic heterocycles. The van der Waals surface area contributed by atoms with Gasteiger partial charge in [0.25, 0.3) is 17.5 Å². The first kappa shape index (κ1) is 15.7. The van der Waals surface area contributed by atoms with Crippen molar-refractivity contribution in [1.29, 1.82) is 0 Å². The van der Waals surface area contributed by atoms with Gasteiger partial charge in [0.2, 0.25) is 0 Å². The number of nitro benzene ring substituents is 1. The average molecular weight is 326 g/mol. The Morgan fingerprint density at radius 1 is 1.08 bits per heavy atom. The first-order chi connectivity index (χ1) is 11.5. The summed E-state index contributed by atoms with van der Waals surface area (Å²) in [6.07, 6.45) is 0. The highest BCUT2D eigenvalue weighted by Crippen LogP contribution is 2.30. The molecule has 0 N–H and O–H groups in total. The summed E-state index contributed by atoms with van der Waals surface area (Å²) in [5, 5.41) is 11.0. The highest BCUT2D eigenvalue weighted by molar-refractivity contribution is 6.23. The van der Waals surface area contributed by atoms with Gasteiger partial charge in [-0.15, -0.1) is 0 Å². The minimum absolute atomic E-state index is 0.0252. The molecule has 0 bridgehead atoms. The summed E-state index contributed by atoms with van der Waals surface area (Å²) >= 11 is 0. The third kappa shape index (κ3) is 2.71. The molecule has 1 aliphatic rings. The van der Waals surface area contributed by atoms with Crippen molar-refractivity contribution < 1.29 is 19.2 Å². The fraction of sp³-hybridized carbons (Fsp3) is 0.176. The molecule has 0 saturated heterocycles. The van der Waals surface area contributed by atoms with E-state index in [1.165, 1.54) is 18.2 Å². The second-order valence-electron chi connectivity index (χ2n) is 5.38. The van der Waals surface area contributed by atoms with Crippen LogP contribution in [0.3, 0.4) is 0 Å². The molecule has 1 heterocycles. The number of hydrogen-bond donors (Lipinski definition) is 0. The Balaban J connectivity index is 1.73. The molecule has 0 radical (unpaired) electrons. The first-order valence-electron chi connectivity index (χ1n) is 7.32. The Morgan fingerprint density at radius 3 is 2.46 bits per heavy atom. The van der Waals surface area contributed by atoms with Crippen molar-refractivity contribution in [2.45, 2.75) is 6.92 Å². The van der Waals surface area contributed by atoms with E-state index in [-0.39, 0.29) is 30.0 Å². The zero-order chi connectivity index (χ0) is 17.3. The number of rotatable bonds is 5. The molecule has 122 valence electrons. The van der Waals surface area contributed by atoms with Crippen molar-refractivity contribution >= 4 is 17.5 Å². The van der Waals surface area contributed by atoms with Gasteiger partial charge in [0.15, 0.2) is 0 Å². The van der Waals surface area contributed by atoms with Gasteiger partial charge in [-0.05, 0) is 25.1 Å². The van der Waals surface area contributed by atoms with Crippen LogP contribution in [0, 0.1) is 17.0 Å². The van der Waals surface area contributed by atoms with Crippen molar-refractivity contribution in [2.24, 2.45) is 0 Å². The molecule has 0 saturated carbocycles. The van der Waals surface area contributed by atoms with Crippen LogP contribution in [0.25, 0.3) is 0 Å². The molecule has 1 aliphatic heterocycles. The minimum atomic E-state index is -0.658. The summed E-state index contributed by atoms with van der Waals surface area (Å²) in [7, 11) is 0. The topological polar surface area (TPSA) is 89.8 Å². The standard InChI is InChI=1S/C17H14N2O5/c1-11-5-7-12(8-6-11)24-10-9-18-16(20)13-3-2-4-14(19(22)23)15(13)17(18)21/h2-8H,9-10H2,1H3. The van der Waals surface area contributed by atoms with Crippen molar-refractivity contribution in [3.05, 3.63) is 69.3 Å². The first-order valence-corrected chi connectivity index (χ1v) is 7.32. The van der Waals surface area contributed by atoms with Crippen molar-refractivity contribution in [1.82, 2.24) is 4.90 Å². The van der Waals surface area contributed by atoms with E-state index in [4.69, 9.17) is 4.74 Å². The average Bonchev–Trinajstić information content (AvgIpc) is 2.81. The number of nitro groups is 1. The van der Waals surface area contributed by atoms with Crippen molar-refractivity contribution in [2.75, 3.05) is 13.2 Å². The summed E-state index contributed by atoms with van der Waals surface area (Å²) in [5.41, 5.74) is 0.648. The number of carbonyl (C=O) groups excluding carboxylic acids is 2. The third-order valence-electron chi connectivity index (χ3n) is 3.78. The molecule has 3 rings (SSSR count). The SMILES string of the molecule is Cc1ccc(OCCN2C(=O)c3cccc([N+](=O)[O-])c3C2=O)cc1. The monoisotopic (exact) mass is 326 g/mol. The van der Waals surface area contributed by atoms with E-state index < -0.39 is 16.7 Å². The molecule has 2 aromatic rings. The summed E-state index contributed by atoms with van der Waals surface area (Å²) in [5.74, 6) is -0.566. The molecule has 0 spiro atoms. The zero-order valence-electron chi connectivity index (χ0n) is 12.9. The van der Waals surface area contributed by atoms with Crippen LogP contribution < -0.4 is 4.74 Å². The Morgan fingerprint density at radius 2 is 1.79 bits per heavy atom. The summed E-state index contributed by atoms with van der Waals surface area (Å²) < 4.78 is 5.52. The van der Waals surface area contributed by atoms with Crippen LogP contribution >= 0.6 is 0 Å². The van der Waals surface area contributed by atoms with E-state index in [9.17, 15) is 19.7 Å². The second kappa shape index (κ2) is 6.11. The van der Waals surface area contributed by atoms with Gasteiger partial charge < -0.3 is 4.74 Å². The number of amides is 2. The summed E-state index contributed by atoms with van der Waals surface area (Å²) in [6, 6.07) is 11.4. The van der Waals surface area contributed by atoms with Gasteiger partial charge in [-0.3, -0.25) is 24.6 Å². The van der Waals surface area contributed by atoms with Gasteiger partial charge in [-0.1, -0.05) is 23.8 Å². The number of imide groups is 1. The molecular formula is C17H14N2O5. The number of benzene rings is 2. The van der Waals surface area contributed by atoms with Gasteiger partial charge >= 0.3 is 0 Å². The molecule has 2 amide bonds. The molecule has 0 unspecified atom stereocenters. The summed E-state index contributed by atoms with van der Waals surface area (Å²) in [4.78, 5) is 36.0. The maximum Gasteiger partial charge on any atom is 0.282 e. The zero-order valence-corrected chi connectivity index (χ0v) is 12.9. The van der Waals surface area contributed by atoms with Crippen LogP contribution in [0.4, 0.5) is 5.69 Å². The van der Waals surface area contributed by atoms with Crippen LogP contribution in [-0.2, 0) is 0 Å². The normalized spacial score (nSPS) is 13.1. The third-order valence-corrected chi connectivity index (χ3v) is 3.78. The Kier molecular flexibility index (Phi) is 3.99. The van der Waals surface area contributed by atoms with E-state index in [1.807, 2.05) is 19.1 Å². The Bertz CT molecular complexity index is 829. The summed E-state index contributed by atoms with van der Waals surface area (Å²) in [6.45, 7) is 2.09. The largest absolute Gasteiger partial charge is 0.492 e. The molecule has 2 aromatic carbocycles. The predicted octanol–water partition coefficient (Wildman–Crippen LogP) is 2.58. The highest BCUT2D eigenvalue weighted by Gasteiger charge is 2.40. The lowest BCUT2D eigenvalue weighted by atomic mass is 10.1. The van der Waals surface area contributed by atoms with Crippen LogP contribution in [0.15, 0.2) is 42.5 Å². The van der Waals surface area contributed by atoms with Crippen LogP contribution in [0.2, 0.25) is 0 Å². The lowest BCUT2D eigenvalue weighted by molar-refractivity contribution is -0.385. The van der Waals surface area contributed by atoms with E-state index in [2.05, 4.69) is 0 Å². The molecule has 0 fully saturated rings. The highest BCUT2D eigenvalue weighted by atomic mass is 16.6. The Hall–Kier alpha value is -3.22. The van der Waals surface area contributed by atoms with E-state index in [1.54, 1.807) is 12.1 Å². The number of fused-ring (bicyclic) bond motifs is 1. The fourth-order valence-electron chi connectivity index (χ4n) is 2.56. The van der Waals surface area contributed by atoms with Gasteiger partial charge in [0.05, 0.1) is 17.0 Å². The van der Waals surface area contributed by atoms with Crippen molar-refractivity contribution in [3.63, 3.8) is 0 Å². The van der Waals surface area contributed by atoms with Crippen LogP contribution in [0.1, 0.15) is 26.3 Å². The number of hydrogen-bond acceptors (Lipinski definition) is 5. The lowest BCUT2D eigenvalue weighted by Gasteiger charge is -2.14. The van der Waals surface area contributed by atoms with Crippen LogP contribution in [-0.4, -0.2) is 34.8 Å². The number of ether oxygens (including phenoxy) is 1. The molecule has 0 atom stereocenters. The smallest absolute Gasteiger partial charge is 0.282 e. The maximum absolute atomic E-state index is 12.4. The maximum atomic E-state index is 12.4. The van der Waals surface area contributed by atoms with Gasteiger partial charge in [0.1, 0.15) is 17.9 Å². The van der Waals surface area contributed by atoms with E-state index in [0.29, 0.717) is 5.75 Å². The predicted molar refractivity (Wildman–Crippen MR) is 85.1 cm³/mol. The minimum Gasteiger partial charge on any atom is -0.492 e. The fourth-order valence-corrected chi connectivity index (χ4v) is 2.56. The Labute approximate surface area is 137 Å². The van der Waals surface area contributed by atoms with Crippen LogP contribution in [0.5, 0.6) is 5.75 Å². The van der Waals surface area contributed by atoms with Crippen molar-refractivity contribution in [3.8, 4) is 5.75 Å². The second-order valence-corrected chi connectivity index (χ2v) is 5.38. The van der Waals surface area contributed by atoms with E-state index in [0.717, 1.165) is 10.5 Å². The van der Waals surface area contributed by atoms with Gasteiger partial charge in [-0.25, -0.2) is 0 Å². The van der Waals surface area contributed by atoms with Gasteiger partial charge in [0, 0.05) is 6.07 Å². The number of carbonyl (C=O) groups is 2. The number of aryl methyl sites for hydroxylation is 1.